The van der Waals surface area contributed by atoms with Crippen molar-refractivity contribution in [3.05, 3.63) is 58.9 Å². The molecule has 1 fully saturated rings. The van der Waals surface area contributed by atoms with Gasteiger partial charge >= 0.3 is 0 Å². The number of hydrogen-bond acceptors (Lipinski definition) is 3. The lowest BCUT2D eigenvalue weighted by molar-refractivity contribution is 0.0982. The summed E-state index contributed by atoms with van der Waals surface area (Å²) in [5.74, 6) is 0.0112. The molecule has 1 spiro atoms. The van der Waals surface area contributed by atoms with Gasteiger partial charge in [-0.1, -0.05) is 11.6 Å². The van der Waals surface area contributed by atoms with Crippen molar-refractivity contribution in [1.82, 2.24) is 10.3 Å². The number of rotatable bonds is 1. The summed E-state index contributed by atoms with van der Waals surface area (Å²) in [4.78, 5) is 18.9. The lowest BCUT2D eigenvalue weighted by Crippen LogP contribution is -2.44. The molecule has 1 aromatic carbocycles. The highest BCUT2D eigenvalue weighted by Gasteiger charge is 2.45. The van der Waals surface area contributed by atoms with Gasteiger partial charge in [-0.25, -0.2) is 0 Å². The van der Waals surface area contributed by atoms with Crippen molar-refractivity contribution in [1.29, 1.82) is 0 Å². The van der Waals surface area contributed by atoms with Crippen LogP contribution in [0.2, 0.25) is 5.02 Å². The van der Waals surface area contributed by atoms with E-state index in [1.54, 1.807) is 18.5 Å². The van der Waals surface area contributed by atoms with Crippen molar-refractivity contribution in [3.8, 4) is 0 Å². The van der Waals surface area contributed by atoms with E-state index in [2.05, 4.69) is 10.3 Å². The highest BCUT2D eigenvalue weighted by Crippen LogP contribution is 2.47. The average Bonchev–Trinajstić information content (AvgIpc) is 2.89. The van der Waals surface area contributed by atoms with E-state index in [9.17, 15) is 4.79 Å². The van der Waals surface area contributed by atoms with Gasteiger partial charge in [0.2, 0.25) is 0 Å². The van der Waals surface area contributed by atoms with Crippen molar-refractivity contribution < 1.29 is 4.79 Å². The molecule has 0 atom stereocenters. The van der Waals surface area contributed by atoms with Gasteiger partial charge in [0.1, 0.15) is 0 Å². The van der Waals surface area contributed by atoms with Gasteiger partial charge in [0.05, 0.1) is 5.56 Å². The molecule has 1 amide bonds. The number of nitrogens with one attached hydrogen (secondary N) is 1. The molecule has 1 saturated heterocycles. The number of anilines is 1. The maximum Gasteiger partial charge on any atom is 0.259 e. The Labute approximate surface area is 140 Å². The number of hydrogen-bond donors (Lipinski definition) is 1. The summed E-state index contributed by atoms with van der Waals surface area (Å²) >= 11 is 6.24. The number of nitrogens with zero attached hydrogens (tertiary/aromatic N) is 2. The number of carbonyl (C=O) groups excluding carboxylic acids is 1. The smallest absolute Gasteiger partial charge is 0.259 e. The second-order valence-corrected chi connectivity index (χ2v) is 6.76. The van der Waals surface area contributed by atoms with Crippen LogP contribution in [0, 0.1) is 0 Å². The number of piperidine rings is 1. The largest absolute Gasteiger partial charge is 0.317 e. The van der Waals surface area contributed by atoms with Crippen molar-refractivity contribution in [2.75, 3.05) is 24.5 Å². The zero-order chi connectivity index (χ0) is 15.9. The predicted molar refractivity (Wildman–Crippen MR) is 91.1 cm³/mol. The second kappa shape index (κ2) is 5.62. The Morgan fingerprint density at radius 2 is 2.09 bits per heavy atom. The van der Waals surface area contributed by atoms with E-state index in [4.69, 9.17) is 11.6 Å². The number of amides is 1. The number of fused-ring (bicyclic) bond motifs is 2. The molecule has 0 saturated carbocycles. The van der Waals surface area contributed by atoms with Gasteiger partial charge in [0, 0.05) is 35.1 Å². The highest BCUT2D eigenvalue weighted by atomic mass is 35.5. The van der Waals surface area contributed by atoms with Crippen LogP contribution in [0.1, 0.15) is 28.8 Å². The minimum atomic E-state index is 0.0112. The van der Waals surface area contributed by atoms with Crippen LogP contribution in [0.4, 0.5) is 5.69 Å². The molecule has 2 aliphatic heterocycles. The SMILES string of the molecule is O=C(c1cccnc1)N1CC2(CCNCC2)c2cc(Cl)ccc21. The van der Waals surface area contributed by atoms with Crippen LogP contribution >= 0.6 is 11.6 Å². The zero-order valence-corrected chi connectivity index (χ0v) is 13.5. The summed E-state index contributed by atoms with van der Waals surface area (Å²) in [6.45, 7) is 2.67. The van der Waals surface area contributed by atoms with Crippen LogP contribution in [0.3, 0.4) is 0 Å². The summed E-state index contributed by atoms with van der Waals surface area (Å²) in [5.41, 5.74) is 2.84. The lowest BCUT2D eigenvalue weighted by atomic mass is 9.75. The van der Waals surface area contributed by atoms with Crippen LogP contribution in [0.25, 0.3) is 0 Å². The van der Waals surface area contributed by atoms with Crippen molar-refractivity contribution in [2.24, 2.45) is 0 Å². The molecule has 1 aromatic heterocycles. The van der Waals surface area contributed by atoms with Crippen LogP contribution in [-0.4, -0.2) is 30.5 Å². The molecule has 4 rings (SSSR count). The fourth-order valence-electron chi connectivity index (χ4n) is 3.80. The Morgan fingerprint density at radius 1 is 1.26 bits per heavy atom. The molecule has 0 radical (unpaired) electrons. The van der Waals surface area contributed by atoms with E-state index in [0.717, 1.165) is 43.2 Å². The first-order chi connectivity index (χ1) is 11.2. The zero-order valence-electron chi connectivity index (χ0n) is 12.8. The molecule has 0 bridgehead atoms. The number of pyridine rings is 1. The van der Waals surface area contributed by atoms with E-state index in [0.29, 0.717) is 5.56 Å². The summed E-state index contributed by atoms with van der Waals surface area (Å²) in [5, 5.41) is 4.14. The molecule has 23 heavy (non-hydrogen) atoms. The van der Waals surface area contributed by atoms with Gasteiger partial charge in [0.25, 0.3) is 5.91 Å². The summed E-state index contributed by atoms with van der Waals surface area (Å²) < 4.78 is 0. The maximum absolute atomic E-state index is 13.0. The van der Waals surface area contributed by atoms with Crippen LogP contribution in [0.5, 0.6) is 0 Å². The monoisotopic (exact) mass is 327 g/mol. The summed E-state index contributed by atoms with van der Waals surface area (Å²) in [6.07, 6.45) is 5.36. The van der Waals surface area contributed by atoms with Gasteiger partial charge in [0.15, 0.2) is 0 Å². The molecule has 5 heteroatoms. The number of halogens is 1. The Kier molecular flexibility index (Phi) is 3.58. The van der Waals surface area contributed by atoms with Gasteiger partial charge in [-0.3, -0.25) is 9.78 Å². The summed E-state index contributed by atoms with van der Waals surface area (Å²) in [6, 6.07) is 9.50. The third-order valence-electron chi connectivity index (χ3n) is 5.00. The molecule has 3 heterocycles. The first kappa shape index (κ1) is 14.7. The quantitative estimate of drug-likeness (QED) is 0.875. The molecule has 0 unspecified atom stereocenters. The molecule has 2 aliphatic rings. The van der Waals surface area contributed by atoms with Crippen molar-refractivity contribution in [3.63, 3.8) is 0 Å². The third kappa shape index (κ3) is 2.42. The van der Waals surface area contributed by atoms with Gasteiger partial charge in [-0.2, -0.15) is 0 Å². The third-order valence-corrected chi connectivity index (χ3v) is 5.23. The highest BCUT2D eigenvalue weighted by molar-refractivity contribution is 6.30. The van der Waals surface area contributed by atoms with Gasteiger partial charge in [-0.15, -0.1) is 0 Å². The van der Waals surface area contributed by atoms with Gasteiger partial charge < -0.3 is 10.2 Å². The summed E-state index contributed by atoms with van der Waals surface area (Å²) in [7, 11) is 0. The second-order valence-electron chi connectivity index (χ2n) is 6.32. The fraction of sp³-hybridized carbons (Fsp3) is 0.333. The van der Waals surface area contributed by atoms with Crippen LogP contribution in [-0.2, 0) is 5.41 Å². The standard InChI is InChI=1S/C18H18ClN3O/c19-14-3-4-16-15(10-14)18(5-8-20-9-6-18)12-22(16)17(23)13-2-1-7-21-11-13/h1-4,7,10-11,20H,5-6,8-9,12H2. The predicted octanol–water partition coefficient (Wildman–Crippen LogP) is 3.02. The van der Waals surface area contributed by atoms with Gasteiger partial charge in [-0.05, 0) is 61.8 Å². The van der Waals surface area contributed by atoms with E-state index in [-0.39, 0.29) is 11.3 Å². The average molecular weight is 328 g/mol. The van der Waals surface area contributed by atoms with Crippen LogP contribution < -0.4 is 10.2 Å². The number of aromatic nitrogens is 1. The Balaban J connectivity index is 1.77. The topological polar surface area (TPSA) is 45.2 Å². The molecule has 4 nitrogen and oxygen atoms in total. The van der Waals surface area contributed by atoms with Crippen molar-refractivity contribution in [2.45, 2.75) is 18.3 Å². The van der Waals surface area contributed by atoms with E-state index in [1.807, 2.05) is 29.2 Å². The minimum Gasteiger partial charge on any atom is -0.317 e. The molecule has 0 aliphatic carbocycles. The van der Waals surface area contributed by atoms with Crippen molar-refractivity contribution >= 4 is 23.2 Å². The number of benzene rings is 1. The Morgan fingerprint density at radius 3 is 2.83 bits per heavy atom. The molecule has 1 N–H and O–H groups in total. The molecular weight excluding hydrogens is 310 g/mol. The van der Waals surface area contributed by atoms with E-state index in [1.165, 1.54) is 5.56 Å². The minimum absolute atomic E-state index is 0.0112. The first-order valence-corrected chi connectivity index (χ1v) is 8.30. The molecule has 2 aromatic rings. The maximum atomic E-state index is 13.0. The van der Waals surface area contributed by atoms with E-state index < -0.39 is 0 Å². The fourth-order valence-corrected chi connectivity index (χ4v) is 3.97. The lowest BCUT2D eigenvalue weighted by Gasteiger charge is -2.34. The Hall–Kier alpha value is -1.91. The van der Waals surface area contributed by atoms with E-state index >= 15 is 0 Å². The number of carbonyl (C=O) groups is 1. The normalized spacial score (nSPS) is 18.9. The Bertz CT molecular complexity index is 741. The van der Waals surface area contributed by atoms with Crippen LogP contribution in [0.15, 0.2) is 42.7 Å². The molecular formula is C18H18ClN3O. The first-order valence-electron chi connectivity index (χ1n) is 7.92. The molecule has 118 valence electrons.